The second kappa shape index (κ2) is 9.06. The molecule has 0 saturated carbocycles. The molecule has 0 aromatic heterocycles. The van der Waals surface area contributed by atoms with Gasteiger partial charge in [0.15, 0.2) is 0 Å². The molecule has 9 nitrogen and oxygen atoms in total. The second-order valence-corrected chi connectivity index (χ2v) is 7.96. The average molecular weight is 384 g/mol. The van der Waals surface area contributed by atoms with E-state index in [9.17, 15) is 16.8 Å². The van der Waals surface area contributed by atoms with Gasteiger partial charge in [-0.15, -0.1) is 0 Å². The van der Waals surface area contributed by atoms with Crippen molar-refractivity contribution in [3.8, 4) is 17.2 Å². The van der Waals surface area contributed by atoms with Crippen LogP contribution in [-0.4, -0.2) is 57.8 Å². The highest BCUT2D eigenvalue weighted by Crippen LogP contribution is 2.28. The topological polar surface area (TPSA) is 136 Å². The molecule has 0 unspecified atom stereocenters. The predicted octanol–water partition coefficient (Wildman–Crippen LogP) is 1.01. The predicted molar refractivity (Wildman–Crippen MR) is 86.0 cm³/mol. The zero-order valence-corrected chi connectivity index (χ0v) is 14.7. The van der Waals surface area contributed by atoms with Crippen molar-refractivity contribution < 1.29 is 40.2 Å². The first-order valence-electron chi connectivity index (χ1n) is 6.94. The molecule has 0 spiro atoms. The zero-order valence-electron chi connectivity index (χ0n) is 13.0. The van der Waals surface area contributed by atoms with Crippen LogP contribution in [0.5, 0.6) is 17.2 Å². The van der Waals surface area contributed by atoms with E-state index in [0.29, 0.717) is 17.2 Å². The maximum Gasteiger partial charge on any atom is 0.264 e. The minimum absolute atomic E-state index is 0.0646. The lowest BCUT2D eigenvalue weighted by molar-refractivity contribution is 0.296. The number of benzene rings is 1. The highest BCUT2D eigenvalue weighted by atomic mass is 32.2. The average Bonchev–Trinajstić information content (AvgIpc) is 2.46. The quantitative estimate of drug-likeness (QED) is 0.423. The third kappa shape index (κ3) is 9.55. The van der Waals surface area contributed by atoms with Crippen LogP contribution in [0, 0.1) is 0 Å². The number of ether oxygens (including phenoxy) is 3. The lowest BCUT2D eigenvalue weighted by atomic mass is 10.3. The maximum atomic E-state index is 10.6. The minimum Gasteiger partial charge on any atom is -0.496 e. The standard InChI is InChI=1S/C13H20O9S2/c1-20-11-8-12(21-4-2-6-23(14,15)16)10-13(9-11)22-5-3-7-24(17,18)19/h8-10H,2-7H2,1H3,(H,14,15,16)(H,17,18,19). The van der Waals surface area contributed by atoms with Gasteiger partial charge in [0.2, 0.25) is 0 Å². The lowest BCUT2D eigenvalue weighted by Crippen LogP contribution is -2.09. The smallest absolute Gasteiger partial charge is 0.264 e. The molecule has 11 heteroatoms. The minimum atomic E-state index is -4.03. The third-order valence-corrected chi connectivity index (χ3v) is 4.33. The van der Waals surface area contributed by atoms with E-state index in [0.717, 1.165) is 0 Å². The highest BCUT2D eigenvalue weighted by molar-refractivity contribution is 7.86. The zero-order chi connectivity index (χ0) is 18.2. The Kier molecular flexibility index (Phi) is 7.73. The van der Waals surface area contributed by atoms with Gasteiger partial charge in [0, 0.05) is 18.2 Å². The molecule has 0 aliphatic carbocycles. The van der Waals surface area contributed by atoms with E-state index in [1.807, 2.05) is 0 Å². The van der Waals surface area contributed by atoms with Crippen LogP contribution < -0.4 is 14.2 Å². The maximum absolute atomic E-state index is 10.6. The Labute approximate surface area is 141 Å². The van der Waals surface area contributed by atoms with Gasteiger partial charge in [0.1, 0.15) is 17.2 Å². The Morgan fingerprint density at radius 1 is 0.792 bits per heavy atom. The van der Waals surface area contributed by atoms with Crippen molar-refractivity contribution in [3.63, 3.8) is 0 Å². The second-order valence-electron chi connectivity index (χ2n) is 4.82. The van der Waals surface area contributed by atoms with E-state index in [-0.39, 0.29) is 26.1 Å². The van der Waals surface area contributed by atoms with Crippen molar-refractivity contribution in [1.82, 2.24) is 0 Å². The monoisotopic (exact) mass is 384 g/mol. The first kappa shape index (κ1) is 20.5. The molecule has 0 amide bonds. The molecule has 0 fully saturated rings. The largest absolute Gasteiger partial charge is 0.496 e. The van der Waals surface area contributed by atoms with Crippen molar-refractivity contribution in [3.05, 3.63) is 18.2 Å². The molecule has 0 atom stereocenters. The summed E-state index contributed by atoms with van der Waals surface area (Å²) in [4.78, 5) is 0. The number of hydrogen-bond donors (Lipinski definition) is 2. The van der Waals surface area contributed by atoms with Crippen LogP contribution in [0.1, 0.15) is 12.8 Å². The normalized spacial score (nSPS) is 12.0. The van der Waals surface area contributed by atoms with E-state index in [2.05, 4.69) is 0 Å². The van der Waals surface area contributed by atoms with Gasteiger partial charge in [-0.2, -0.15) is 16.8 Å². The summed E-state index contributed by atoms with van der Waals surface area (Å²) in [6, 6.07) is 4.67. The van der Waals surface area contributed by atoms with Crippen molar-refractivity contribution in [2.45, 2.75) is 12.8 Å². The van der Waals surface area contributed by atoms with Crippen molar-refractivity contribution in [1.29, 1.82) is 0 Å². The van der Waals surface area contributed by atoms with Crippen LogP contribution in [0.15, 0.2) is 18.2 Å². The van der Waals surface area contributed by atoms with Crippen molar-refractivity contribution in [2.75, 3.05) is 31.8 Å². The summed E-state index contributed by atoms with van der Waals surface area (Å²) in [6.07, 6.45) is 0.223. The Hall–Kier alpha value is -1.56. The Morgan fingerprint density at radius 3 is 1.50 bits per heavy atom. The van der Waals surface area contributed by atoms with E-state index in [1.165, 1.54) is 13.2 Å². The first-order chi connectivity index (χ1) is 11.1. The summed E-state index contributed by atoms with van der Waals surface area (Å²) >= 11 is 0. The van der Waals surface area contributed by atoms with Gasteiger partial charge in [0.25, 0.3) is 20.2 Å². The van der Waals surface area contributed by atoms with Gasteiger partial charge in [-0.25, -0.2) is 0 Å². The molecule has 1 aromatic carbocycles. The fourth-order valence-corrected chi connectivity index (χ4v) is 2.66. The van der Waals surface area contributed by atoms with E-state index in [1.54, 1.807) is 12.1 Å². The Balaban J connectivity index is 2.57. The molecule has 0 bridgehead atoms. The fraction of sp³-hybridized carbons (Fsp3) is 0.538. The lowest BCUT2D eigenvalue weighted by Gasteiger charge is -2.11. The van der Waals surface area contributed by atoms with Crippen LogP contribution in [0.4, 0.5) is 0 Å². The van der Waals surface area contributed by atoms with E-state index < -0.39 is 31.7 Å². The van der Waals surface area contributed by atoms with Crippen molar-refractivity contribution in [2.24, 2.45) is 0 Å². The van der Waals surface area contributed by atoms with Gasteiger partial charge in [-0.3, -0.25) is 9.11 Å². The van der Waals surface area contributed by atoms with Crippen LogP contribution in [0.2, 0.25) is 0 Å². The molecule has 24 heavy (non-hydrogen) atoms. The number of methoxy groups -OCH3 is 1. The molecule has 2 N–H and O–H groups in total. The molecule has 0 heterocycles. The first-order valence-corrected chi connectivity index (χ1v) is 10.2. The summed E-state index contributed by atoms with van der Waals surface area (Å²) in [6.45, 7) is 0.129. The van der Waals surface area contributed by atoms with Gasteiger partial charge in [0.05, 0.1) is 31.8 Å². The van der Waals surface area contributed by atoms with Gasteiger partial charge >= 0.3 is 0 Å². The summed E-state index contributed by atoms with van der Waals surface area (Å²) < 4.78 is 75.6. The summed E-state index contributed by atoms with van der Waals surface area (Å²) in [7, 11) is -6.61. The van der Waals surface area contributed by atoms with Crippen molar-refractivity contribution >= 4 is 20.2 Å². The van der Waals surface area contributed by atoms with E-state index >= 15 is 0 Å². The molecular weight excluding hydrogens is 364 g/mol. The molecular formula is C13H20O9S2. The highest BCUT2D eigenvalue weighted by Gasteiger charge is 2.08. The molecule has 0 aliphatic heterocycles. The molecule has 0 radical (unpaired) electrons. The molecule has 1 rings (SSSR count). The van der Waals surface area contributed by atoms with Gasteiger partial charge in [-0.1, -0.05) is 0 Å². The van der Waals surface area contributed by atoms with Gasteiger partial charge < -0.3 is 14.2 Å². The summed E-state index contributed by atoms with van der Waals surface area (Å²) in [5, 5.41) is 0. The van der Waals surface area contributed by atoms with Gasteiger partial charge in [-0.05, 0) is 12.8 Å². The molecule has 0 saturated heterocycles. The summed E-state index contributed by atoms with van der Waals surface area (Å²) in [5.41, 5.74) is 0. The van der Waals surface area contributed by atoms with E-state index in [4.69, 9.17) is 23.3 Å². The number of hydrogen-bond acceptors (Lipinski definition) is 7. The Bertz CT molecular complexity index is 668. The van der Waals surface area contributed by atoms with Crippen LogP contribution in [0.25, 0.3) is 0 Å². The SMILES string of the molecule is COc1cc(OCCCS(=O)(=O)O)cc(OCCCS(=O)(=O)O)c1. The fourth-order valence-electron chi connectivity index (χ4n) is 1.69. The Morgan fingerprint density at radius 2 is 1.17 bits per heavy atom. The molecule has 138 valence electrons. The summed E-state index contributed by atoms with van der Waals surface area (Å²) in [5.74, 6) is 0.363. The molecule has 1 aromatic rings. The van der Waals surface area contributed by atoms with Crippen LogP contribution in [-0.2, 0) is 20.2 Å². The third-order valence-electron chi connectivity index (χ3n) is 2.72. The molecule has 0 aliphatic rings. The van der Waals surface area contributed by atoms with Crippen LogP contribution >= 0.6 is 0 Å². The number of rotatable bonds is 11. The van der Waals surface area contributed by atoms with Crippen LogP contribution in [0.3, 0.4) is 0 Å².